The lowest BCUT2D eigenvalue weighted by Crippen LogP contribution is -2.17. The molecule has 2 atom stereocenters. The third-order valence-electron chi connectivity index (χ3n) is 4.87. The van der Waals surface area contributed by atoms with Crippen molar-refractivity contribution in [1.29, 1.82) is 0 Å². The second kappa shape index (κ2) is 4.48. The first-order chi connectivity index (χ1) is 10.5. The number of hydrogen-bond donors (Lipinski definition) is 3. The number of aliphatic hydroxyl groups excluding tert-OH is 2. The summed E-state index contributed by atoms with van der Waals surface area (Å²) in [7, 11) is 0. The molecule has 2 unspecified atom stereocenters. The van der Waals surface area contributed by atoms with E-state index in [0.29, 0.717) is 17.1 Å². The Morgan fingerprint density at radius 1 is 1.14 bits per heavy atom. The molecule has 0 fully saturated rings. The highest BCUT2D eigenvalue weighted by Gasteiger charge is 2.37. The standard InChI is InChI=1S/C18H18O4/c1-8-7-10-3-4-11-9(2)13(19)6-5-12(11)14(10)15-16(20)18(21)22-17(8)15/h5-7,16,18-21H,3-4H2,1-2H3. The molecule has 1 heterocycles. The van der Waals surface area contributed by atoms with Crippen LogP contribution in [0.2, 0.25) is 0 Å². The topological polar surface area (TPSA) is 69.9 Å². The summed E-state index contributed by atoms with van der Waals surface area (Å²) in [6.07, 6.45) is -0.545. The lowest BCUT2D eigenvalue weighted by molar-refractivity contribution is -0.0828. The van der Waals surface area contributed by atoms with Crippen molar-refractivity contribution in [2.45, 2.75) is 39.1 Å². The molecule has 4 heteroatoms. The largest absolute Gasteiger partial charge is 0.508 e. The highest BCUT2D eigenvalue weighted by molar-refractivity contribution is 5.81. The van der Waals surface area contributed by atoms with Crippen molar-refractivity contribution >= 4 is 0 Å². The van der Waals surface area contributed by atoms with Crippen LogP contribution in [0.25, 0.3) is 11.1 Å². The van der Waals surface area contributed by atoms with Crippen molar-refractivity contribution in [3.63, 3.8) is 0 Å². The fourth-order valence-corrected chi connectivity index (χ4v) is 3.74. The van der Waals surface area contributed by atoms with Crippen LogP contribution < -0.4 is 4.74 Å². The minimum atomic E-state index is -1.22. The first-order valence-corrected chi connectivity index (χ1v) is 7.50. The van der Waals surface area contributed by atoms with Crippen LogP contribution in [0.1, 0.15) is 33.9 Å². The number of phenolic OH excluding ortho intramolecular Hbond substituents is 1. The fourth-order valence-electron chi connectivity index (χ4n) is 3.74. The predicted molar refractivity (Wildman–Crippen MR) is 82.0 cm³/mol. The van der Waals surface area contributed by atoms with Gasteiger partial charge in [-0.1, -0.05) is 12.1 Å². The van der Waals surface area contributed by atoms with E-state index in [2.05, 4.69) is 6.07 Å². The zero-order valence-corrected chi connectivity index (χ0v) is 12.6. The third kappa shape index (κ3) is 1.65. The number of hydrogen-bond acceptors (Lipinski definition) is 4. The molecule has 2 aromatic carbocycles. The van der Waals surface area contributed by atoms with Crippen LogP contribution >= 0.6 is 0 Å². The van der Waals surface area contributed by atoms with E-state index in [4.69, 9.17) is 4.74 Å². The predicted octanol–water partition coefficient (Wildman–Crippen LogP) is 2.52. The van der Waals surface area contributed by atoms with Crippen LogP contribution in [-0.4, -0.2) is 21.6 Å². The molecule has 2 aliphatic rings. The van der Waals surface area contributed by atoms with Gasteiger partial charge in [-0.25, -0.2) is 0 Å². The van der Waals surface area contributed by atoms with E-state index >= 15 is 0 Å². The summed E-state index contributed by atoms with van der Waals surface area (Å²) in [4.78, 5) is 0. The van der Waals surface area contributed by atoms with Gasteiger partial charge >= 0.3 is 0 Å². The van der Waals surface area contributed by atoms with Crippen LogP contribution in [0.3, 0.4) is 0 Å². The maximum atomic E-state index is 10.4. The van der Waals surface area contributed by atoms with Gasteiger partial charge in [0.15, 0.2) is 0 Å². The maximum absolute atomic E-state index is 10.4. The maximum Gasteiger partial charge on any atom is 0.228 e. The molecular formula is C18H18O4. The zero-order chi connectivity index (χ0) is 15.6. The summed E-state index contributed by atoms with van der Waals surface area (Å²) >= 11 is 0. The van der Waals surface area contributed by atoms with Crippen molar-refractivity contribution in [1.82, 2.24) is 0 Å². The van der Waals surface area contributed by atoms with E-state index in [1.54, 1.807) is 6.07 Å². The van der Waals surface area contributed by atoms with E-state index in [-0.39, 0.29) is 0 Å². The summed E-state index contributed by atoms with van der Waals surface area (Å²) in [5.74, 6) is 0.875. The van der Waals surface area contributed by atoms with Crippen LogP contribution in [0, 0.1) is 13.8 Å². The average Bonchev–Trinajstić information content (AvgIpc) is 2.79. The SMILES string of the molecule is Cc1cc2c(c3c1OC(O)C3O)-c1ccc(O)c(C)c1CC2. The Bertz CT molecular complexity index is 794. The number of ether oxygens (including phenoxy) is 1. The molecule has 0 spiro atoms. The Labute approximate surface area is 128 Å². The molecule has 4 nitrogen and oxygen atoms in total. The molecule has 0 aromatic heterocycles. The molecule has 3 N–H and O–H groups in total. The number of fused-ring (bicyclic) bond motifs is 5. The lowest BCUT2D eigenvalue weighted by atomic mass is 9.79. The molecule has 1 aliphatic carbocycles. The van der Waals surface area contributed by atoms with E-state index in [9.17, 15) is 15.3 Å². The molecule has 22 heavy (non-hydrogen) atoms. The van der Waals surface area contributed by atoms with E-state index in [1.165, 1.54) is 0 Å². The van der Waals surface area contributed by atoms with Crippen molar-refractivity contribution in [2.75, 3.05) is 0 Å². The highest BCUT2D eigenvalue weighted by atomic mass is 16.6. The van der Waals surface area contributed by atoms with Crippen LogP contribution in [0.15, 0.2) is 18.2 Å². The molecule has 114 valence electrons. The smallest absolute Gasteiger partial charge is 0.228 e. The Morgan fingerprint density at radius 3 is 2.68 bits per heavy atom. The van der Waals surface area contributed by atoms with Crippen LogP contribution in [0.5, 0.6) is 11.5 Å². The van der Waals surface area contributed by atoms with Gasteiger partial charge in [-0.05, 0) is 66.1 Å². The van der Waals surface area contributed by atoms with Gasteiger partial charge < -0.3 is 20.1 Å². The second-order valence-corrected chi connectivity index (χ2v) is 6.16. The molecular weight excluding hydrogens is 280 g/mol. The van der Waals surface area contributed by atoms with Gasteiger partial charge in [-0.2, -0.15) is 0 Å². The number of phenols is 1. The van der Waals surface area contributed by atoms with Gasteiger partial charge in [0.25, 0.3) is 0 Å². The van der Waals surface area contributed by atoms with Crippen LogP contribution in [0.4, 0.5) is 0 Å². The van der Waals surface area contributed by atoms with Crippen molar-refractivity contribution in [2.24, 2.45) is 0 Å². The number of rotatable bonds is 0. The van der Waals surface area contributed by atoms with Gasteiger partial charge in [0, 0.05) is 5.56 Å². The molecule has 0 amide bonds. The minimum absolute atomic E-state index is 0.294. The molecule has 0 bridgehead atoms. The van der Waals surface area contributed by atoms with Gasteiger partial charge in [0.2, 0.25) is 6.29 Å². The van der Waals surface area contributed by atoms with Crippen molar-refractivity contribution < 1.29 is 20.1 Å². The third-order valence-corrected chi connectivity index (χ3v) is 4.87. The van der Waals surface area contributed by atoms with Gasteiger partial charge in [-0.3, -0.25) is 0 Å². The number of aromatic hydroxyl groups is 1. The van der Waals surface area contributed by atoms with Crippen molar-refractivity contribution in [3.8, 4) is 22.6 Å². The first-order valence-electron chi connectivity index (χ1n) is 7.50. The van der Waals surface area contributed by atoms with E-state index in [0.717, 1.165) is 46.2 Å². The Kier molecular flexibility index (Phi) is 2.77. The molecule has 0 saturated carbocycles. The molecule has 0 radical (unpaired) electrons. The Hall–Kier alpha value is -2.04. The number of aliphatic hydroxyl groups is 2. The Morgan fingerprint density at radius 2 is 1.91 bits per heavy atom. The number of benzene rings is 2. The monoisotopic (exact) mass is 298 g/mol. The van der Waals surface area contributed by atoms with Gasteiger partial charge in [0.05, 0.1) is 0 Å². The fraction of sp³-hybridized carbons (Fsp3) is 0.333. The molecule has 2 aromatic rings. The lowest BCUT2D eigenvalue weighted by Gasteiger charge is -2.25. The molecule has 0 saturated heterocycles. The summed E-state index contributed by atoms with van der Waals surface area (Å²) < 4.78 is 5.44. The average molecular weight is 298 g/mol. The van der Waals surface area contributed by atoms with Gasteiger partial charge in [0.1, 0.15) is 17.6 Å². The molecule has 1 aliphatic heterocycles. The van der Waals surface area contributed by atoms with Crippen LogP contribution in [-0.2, 0) is 12.8 Å². The van der Waals surface area contributed by atoms with Crippen molar-refractivity contribution in [3.05, 3.63) is 46.0 Å². The minimum Gasteiger partial charge on any atom is -0.508 e. The summed E-state index contributed by atoms with van der Waals surface area (Å²) in [5.41, 5.74) is 6.72. The summed E-state index contributed by atoms with van der Waals surface area (Å²) in [6, 6.07) is 5.65. The second-order valence-electron chi connectivity index (χ2n) is 6.16. The van der Waals surface area contributed by atoms with E-state index in [1.807, 2.05) is 19.9 Å². The van der Waals surface area contributed by atoms with Gasteiger partial charge in [-0.15, -0.1) is 0 Å². The zero-order valence-electron chi connectivity index (χ0n) is 12.6. The number of aryl methyl sites for hydroxylation is 2. The molecule has 4 rings (SSSR count). The quantitative estimate of drug-likeness (QED) is 0.699. The summed E-state index contributed by atoms with van der Waals surface area (Å²) in [6.45, 7) is 3.84. The normalized spacial score (nSPS) is 21.8. The highest BCUT2D eigenvalue weighted by Crippen LogP contribution is 2.49. The Balaban J connectivity index is 2.06. The summed E-state index contributed by atoms with van der Waals surface area (Å²) in [5, 5.41) is 30.2. The first kappa shape index (κ1) is 13.6. The van der Waals surface area contributed by atoms with E-state index < -0.39 is 12.4 Å².